The molecule has 1 aromatic heterocycles. The number of ether oxygens (including phenoxy) is 1. The van der Waals surface area contributed by atoms with Crippen LogP contribution in [0.25, 0.3) is 10.9 Å². The molecule has 1 heterocycles. The molecule has 0 aliphatic carbocycles. The van der Waals surface area contributed by atoms with Gasteiger partial charge in [0.05, 0.1) is 23.4 Å². The van der Waals surface area contributed by atoms with E-state index in [1.807, 2.05) is 31.3 Å². The van der Waals surface area contributed by atoms with Crippen LogP contribution in [0.1, 0.15) is 16.7 Å². The van der Waals surface area contributed by atoms with Crippen molar-refractivity contribution in [1.29, 1.82) is 0 Å². The van der Waals surface area contributed by atoms with Gasteiger partial charge in [0.25, 0.3) is 0 Å². The second kappa shape index (κ2) is 8.44. The molecule has 5 heteroatoms. The summed E-state index contributed by atoms with van der Waals surface area (Å²) >= 11 is 1.48. The molecule has 1 amide bonds. The Balaban J connectivity index is 1.68. The minimum Gasteiger partial charge on any atom is -0.496 e. The van der Waals surface area contributed by atoms with Crippen molar-refractivity contribution < 1.29 is 9.53 Å². The summed E-state index contributed by atoms with van der Waals surface area (Å²) in [6, 6.07) is 16.0. The van der Waals surface area contributed by atoms with Gasteiger partial charge in [-0.25, -0.2) is 4.98 Å². The zero-order valence-electron chi connectivity index (χ0n) is 16.2. The quantitative estimate of drug-likeness (QED) is 0.586. The number of aryl methyl sites for hydroxylation is 2. The summed E-state index contributed by atoms with van der Waals surface area (Å²) in [6.45, 7) is 4.67. The fraction of sp³-hybridized carbons (Fsp3) is 0.273. The lowest BCUT2D eigenvalue weighted by molar-refractivity contribution is -0.127. The maximum Gasteiger partial charge on any atom is 0.233 e. The minimum absolute atomic E-state index is 0.0650. The van der Waals surface area contributed by atoms with E-state index in [1.54, 1.807) is 12.0 Å². The number of benzene rings is 2. The highest BCUT2D eigenvalue weighted by Gasteiger charge is 2.13. The summed E-state index contributed by atoms with van der Waals surface area (Å²) in [7, 11) is 3.46. The SMILES string of the molecule is COc1ccccc1CN(C)C(=O)CSc1cc(C)c2cccc(C)c2n1. The van der Waals surface area contributed by atoms with Gasteiger partial charge in [0.1, 0.15) is 5.75 Å². The standard InChI is InChI=1S/C22H24N2O2S/c1-15-8-7-10-18-16(2)12-20(23-22(15)18)27-14-21(25)24(3)13-17-9-5-6-11-19(17)26-4/h5-12H,13-14H2,1-4H3. The van der Waals surface area contributed by atoms with Gasteiger partial charge in [-0.2, -0.15) is 0 Å². The maximum atomic E-state index is 12.6. The Hall–Kier alpha value is -2.53. The van der Waals surface area contributed by atoms with E-state index in [2.05, 4.69) is 38.1 Å². The van der Waals surface area contributed by atoms with E-state index in [0.29, 0.717) is 12.3 Å². The van der Waals surface area contributed by atoms with E-state index >= 15 is 0 Å². The Kier molecular flexibility index (Phi) is 6.01. The minimum atomic E-state index is 0.0650. The molecule has 0 saturated carbocycles. The van der Waals surface area contributed by atoms with E-state index in [-0.39, 0.29) is 5.91 Å². The van der Waals surface area contributed by atoms with E-state index in [0.717, 1.165) is 27.4 Å². The van der Waals surface area contributed by atoms with Crippen molar-refractivity contribution in [3.8, 4) is 5.75 Å². The van der Waals surface area contributed by atoms with Gasteiger partial charge in [-0.15, -0.1) is 0 Å². The van der Waals surface area contributed by atoms with E-state index < -0.39 is 0 Å². The highest BCUT2D eigenvalue weighted by molar-refractivity contribution is 7.99. The number of carbonyl (C=O) groups excluding carboxylic acids is 1. The van der Waals surface area contributed by atoms with Crippen LogP contribution >= 0.6 is 11.8 Å². The average Bonchev–Trinajstić information content (AvgIpc) is 2.67. The van der Waals surface area contributed by atoms with Gasteiger partial charge in [0.2, 0.25) is 5.91 Å². The number of hydrogen-bond donors (Lipinski definition) is 0. The first-order valence-corrected chi connectivity index (χ1v) is 9.83. The molecule has 0 unspecified atom stereocenters. The van der Waals surface area contributed by atoms with E-state index in [1.165, 1.54) is 22.7 Å². The number of para-hydroxylation sites is 2. The number of methoxy groups -OCH3 is 1. The van der Waals surface area contributed by atoms with Gasteiger partial charge in [-0.3, -0.25) is 4.79 Å². The first-order valence-electron chi connectivity index (χ1n) is 8.85. The van der Waals surface area contributed by atoms with E-state index in [4.69, 9.17) is 9.72 Å². The van der Waals surface area contributed by atoms with Gasteiger partial charge in [-0.1, -0.05) is 48.2 Å². The number of pyridine rings is 1. The topological polar surface area (TPSA) is 42.4 Å². The van der Waals surface area contributed by atoms with Crippen LogP contribution in [0.4, 0.5) is 0 Å². The molecule has 3 rings (SSSR count). The Morgan fingerprint density at radius 2 is 1.89 bits per heavy atom. The van der Waals surface area contributed by atoms with Crippen molar-refractivity contribution in [1.82, 2.24) is 9.88 Å². The third-order valence-corrected chi connectivity index (χ3v) is 5.49. The number of fused-ring (bicyclic) bond motifs is 1. The lowest BCUT2D eigenvalue weighted by Gasteiger charge is -2.18. The van der Waals surface area contributed by atoms with Crippen LogP contribution in [0.3, 0.4) is 0 Å². The molecular formula is C22H24N2O2S. The third-order valence-electron chi connectivity index (χ3n) is 4.59. The molecule has 0 aliphatic heterocycles. The monoisotopic (exact) mass is 380 g/mol. The maximum absolute atomic E-state index is 12.6. The zero-order valence-corrected chi connectivity index (χ0v) is 17.0. The van der Waals surface area contributed by atoms with Crippen molar-refractivity contribution in [2.75, 3.05) is 19.9 Å². The number of amides is 1. The van der Waals surface area contributed by atoms with Crippen LogP contribution in [0, 0.1) is 13.8 Å². The molecule has 0 bridgehead atoms. The van der Waals surface area contributed by atoms with Crippen LogP contribution in [-0.4, -0.2) is 35.7 Å². The van der Waals surface area contributed by atoms with Crippen molar-refractivity contribution >= 4 is 28.6 Å². The summed E-state index contributed by atoms with van der Waals surface area (Å²) in [5.74, 6) is 1.22. The largest absolute Gasteiger partial charge is 0.496 e. The Labute approximate surface area is 164 Å². The highest BCUT2D eigenvalue weighted by atomic mass is 32.2. The summed E-state index contributed by atoms with van der Waals surface area (Å²) in [5.41, 5.74) is 4.34. The van der Waals surface area contributed by atoms with Crippen LogP contribution in [0.2, 0.25) is 0 Å². The number of rotatable bonds is 6. The zero-order chi connectivity index (χ0) is 19.4. The second-order valence-corrected chi connectivity index (χ2v) is 7.59. The number of hydrogen-bond acceptors (Lipinski definition) is 4. The van der Waals surface area contributed by atoms with Crippen molar-refractivity contribution in [3.63, 3.8) is 0 Å². The Morgan fingerprint density at radius 1 is 1.11 bits per heavy atom. The van der Waals surface area contributed by atoms with Crippen LogP contribution in [0.5, 0.6) is 5.75 Å². The van der Waals surface area contributed by atoms with Crippen LogP contribution in [0.15, 0.2) is 53.6 Å². The van der Waals surface area contributed by atoms with Gasteiger partial charge < -0.3 is 9.64 Å². The lowest BCUT2D eigenvalue weighted by atomic mass is 10.1. The predicted molar refractivity (Wildman–Crippen MR) is 111 cm³/mol. The molecule has 0 radical (unpaired) electrons. The summed E-state index contributed by atoms with van der Waals surface area (Å²) in [6.07, 6.45) is 0. The fourth-order valence-electron chi connectivity index (χ4n) is 3.03. The molecule has 0 atom stereocenters. The number of nitrogens with zero attached hydrogens (tertiary/aromatic N) is 2. The highest BCUT2D eigenvalue weighted by Crippen LogP contribution is 2.26. The molecular weight excluding hydrogens is 356 g/mol. The number of thioether (sulfide) groups is 1. The van der Waals surface area contributed by atoms with Gasteiger partial charge in [0.15, 0.2) is 0 Å². The molecule has 3 aromatic rings. The van der Waals surface area contributed by atoms with E-state index in [9.17, 15) is 4.79 Å². The van der Waals surface area contributed by atoms with Crippen LogP contribution < -0.4 is 4.74 Å². The smallest absolute Gasteiger partial charge is 0.233 e. The Morgan fingerprint density at radius 3 is 2.67 bits per heavy atom. The lowest BCUT2D eigenvalue weighted by Crippen LogP contribution is -2.28. The predicted octanol–water partition coefficient (Wildman–Crippen LogP) is 4.61. The summed E-state index contributed by atoms with van der Waals surface area (Å²) < 4.78 is 5.37. The normalized spacial score (nSPS) is 10.8. The second-order valence-electron chi connectivity index (χ2n) is 6.60. The molecule has 2 aromatic carbocycles. The van der Waals surface area contributed by atoms with Gasteiger partial charge >= 0.3 is 0 Å². The third kappa shape index (κ3) is 4.42. The molecule has 0 N–H and O–H groups in total. The summed E-state index contributed by atoms with van der Waals surface area (Å²) in [5, 5.41) is 2.05. The molecule has 140 valence electrons. The summed E-state index contributed by atoms with van der Waals surface area (Å²) in [4.78, 5) is 19.0. The molecule has 0 fully saturated rings. The average molecular weight is 381 g/mol. The van der Waals surface area contributed by atoms with Crippen molar-refractivity contribution in [2.24, 2.45) is 0 Å². The number of carbonyl (C=O) groups is 1. The fourth-order valence-corrected chi connectivity index (χ4v) is 3.94. The van der Waals surface area contributed by atoms with Crippen molar-refractivity contribution in [2.45, 2.75) is 25.4 Å². The van der Waals surface area contributed by atoms with Gasteiger partial charge in [0, 0.05) is 24.5 Å². The molecule has 0 aliphatic rings. The van der Waals surface area contributed by atoms with Gasteiger partial charge in [-0.05, 0) is 37.1 Å². The van der Waals surface area contributed by atoms with Crippen molar-refractivity contribution in [3.05, 3.63) is 65.2 Å². The molecule has 0 spiro atoms. The Bertz CT molecular complexity index is 972. The molecule has 4 nitrogen and oxygen atoms in total. The first kappa shape index (κ1) is 19.2. The first-order chi connectivity index (χ1) is 13.0. The number of aromatic nitrogens is 1. The molecule has 27 heavy (non-hydrogen) atoms. The molecule has 0 saturated heterocycles. The van der Waals surface area contributed by atoms with Crippen LogP contribution in [-0.2, 0) is 11.3 Å².